The lowest BCUT2D eigenvalue weighted by molar-refractivity contribution is -0.113. The lowest BCUT2D eigenvalue weighted by Crippen LogP contribution is -2.16. The SMILES string of the molecule is CCc1cccc(CC)c1NC(=O)CSCc1ccc2c(c1)OCO2. The van der Waals surface area contributed by atoms with Crippen molar-refractivity contribution in [3.8, 4) is 11.5 Å². The van der Waals surface area contributed by atoms with Crippen LogP contribution in [0.2, 0.25) is 0 Å². The second-order valence-electron chi connectivity index (χ2n) is 5.89. The smallest absolute Gasteiger partial charge is 0.234 e. The zero-order chi connectivity index (χ0) is 17.6. The third-order valence-corrected chi connectivity index (χ3v) is 5.21. The number of anilines is 1. The van der Waals surface area contributed by atoms with Gasteiger partial charge in [0, 0.05) is 11.4 Å². The van der Waals surface area contributed by atoms with Gasteiger partial charge in [0.2, 0.25) is 12.7 Å². The average molecular weight is 357 g/mol. The first-order chi connectivity index (χ1) is 12.2. The van der Waals surface area contributed by atoms with E-state index >= 15 is 0 Å². The van der Waals surface area contributed by atoms with E-state index < -0.39 is 0 Å². The van der Waals surface area contributed by atoms with Crippen LogP contribution in [0.15, 0.2) is 36.4 Å². The van der Waals surface area contributed by atoms with Gasteiger partial charge in [-0.15, -0.1) is 11.8 Å². The van der Waals surface area contributed by atoms with Gasteiger partial charge >= 0.3 is 0 Å². The number of rotatable bonds is 7. The van der Waals surface area contributed by atoms with E-state index in [1.54, 1.807) is 11.8 Å². The van der Waals surface area contributed by atoms with Crippen LogP contribution in [-0.4, -0.2) is 18.5 Å². The molecule has 0 aliphatic carbocycles. The maximum Gasteiger partial charge on any atom is 0.234 e. The molecule has 4 nitrogen and oxygen atoms in total. The number of para-hydroxylation sites is 1. The topological polar surface area (TPSA) is 47.6 Å². The van der Waals surface area contributed by atoms with E-state index in [4.69, 9.17) is 9.47 Å². The minimum atomic E-state index is 0.0429. The highest BCUT2D eigenvalue weighted by Crippen LogP contribution is 2.33. The van der Waals surface area contributed by atoms with Gasteiger partial charge in [-0.1, -0.05) is 38.1 Å². The fourth-order valence-corrected chi connectivity index (χ4v) is 3.65. The highest BCUT2D eigenvalue weighted by molar-refractivity contribution is 7.99. The van der Waals surface area contributed by atoms with Gasteiger partial charge in [-0.25, -0.2) is 0 Å². The number of fused-ring (bicyclic) bond motifs is 1. The van der Waals surface area contributed by atoms with E-state index in [1.165, 1.54) is 11.1 Å². The minimum absolute atomic E-state index is 0.0429. The Bertz CT molecular complexity index is 738. The number of benzene rings is 2. The molecular formula is C20H23NO3S. The van der Waals surface area contributed by atoms with Gasteiger partial charge in [0.05, 0.1) is 5.75 Å². The van der Waals surface area contributed by atoms with Crippen molar-refractivity contribution in [1.29, 1.82) is 0 Å². The molecule has 0 radical (unpaired) electrons. The molecular weight excluding hydrogens is 334 g/mol. The van der Waals surface area contributed by atoms with Crippen LogP contribution < -0.4 is 14.8 Å². The first-order valence-corrected chi connectivity index (χ1v) is 9.73. The highest BCUT2D eigenvalue weighted by atomic mass is 32.2. The summed E-state index contributed by atoms with van der Waals surface area (Å²) >= 11 is 1.60. The number of aryl methyl sites for hydroxylation is 2. The monoisotopic (exact) mass is 357 g/mol. The van der Waals surface area contributed by atoms with Crippen LogP contribution in [0, 0.1) is 0 Å². The van der Waals surface area contributed by atoms with Crippen molar-refractivity contribution < 1.29 is 14.3 Å². The largest absolute Gasteiger partial charge is 0.454 e. The van der Waals surface area contributed by atoms with Crippen LogP contribution in [-0.2, 0) is 23.4 Å². The normalized spacial score (nSPS) is 12.2. The standard InChI is InChI=1S/C20H23NO3S/c1-3-15-6-5-7-16(4-2)20(15)21-19(22)12-25-11-14-8-9-17-18(10-14)24-13-23-17/h5-10H,3-4,11-13H2,1-2H3,(H,21,22). The summed E-state index contributed by atoms with van der Waals surface area (Å²) in [6.07, 6.45) is 1.82. The van der Waals surface area contributed by atoms with Gasteiger partial charge < -0.3 is 14.8 Å². The summed E-state index contributed by atoms with van der Waals surface area (Å²) in [4.78, 5) is 12.3. The minimum Gasteiger partial charge on any atom is -0.454 e. The molecule has 0 fully saturated rings. The van der Waals surface area contributed by atoms with E-state index in [1.807, 2.05) is 18.2 Å². The molecule has 0 saturated carbocycles. The molecule has 0 saturated heterocycles. The fraction of sp³-hybridized carbons (Fsp3) is 0.350. The highest BCUT2D eigenvalue weighted by Gasteiger charge is 2.14. The summed E-state index contributed by atoms with van der Waals surface area (Å²) in [7, 11) is 0. The molecule has 5 heteroatoms. The number of thioether (sulfide) groups is 1. The third-order valence-electron chi connectivity index (χ3n) is 4.20. The van der Waals surface area contributed by atoms with Crippen LogP contribution in [0.4, 0.5) is 5.69 Å². The zero-order valence-corrected chi connectivity index (χ0v) is 15.4. The Morgan fingerprint density at radius 2 is 1.80 bits per heavy atom. The first kappa shape index (κ1) is 17.7. The Balaban J connectivity index is 1.55. The van der Waals surface area contributed by atoms with E-state index in [0.717, 1.165) is 41.3 Å². The maximum absolute atomic E-state index is 12.3. The predicted octanol–water partition coefficient (Wildman–Crippen LogP) is 4.41. The molecule has 1 aliphatic rings. The number of nitrogens with one attached hydrogen (secondary N) is 1. The predicted molar refractivity (Wildman–Crippen MR) is 103 cm³/mol. The molecule has 2 aromatic rings. The van der Waals surface area contributed by atoms with E-state index in [9.17, 15) is 4.79 Å². The zero-order valence-electron chi connectivity index (χ0n) is 14.6. The molecule has 0 atom stereocenters. The van der Waals surface area contributed by atoms with E-state index in [-0.39, 0.29) is 12.7 Å². The van der Waals surface area contributed by atoms with Crippen molar-refractivity contribution in [1.82, 2.24) is 0 Å². The third kappa shape index (κ3) is 4.28. The molecule has 0 spiro atoms. The molecule has 0 bridgehead atoms. The molecule has 132 valence electrons. The number of ether oxygens (including phenoxy) is 2. The van der Waals surface area contributed by atoms with E-state index in [0.29, 0.717) is 5.75 Å². The van der Waals surface area contributed by atoms with Crippen molar-refractivity contribution in [3.05, 3.63) is 53.1 Å². The molecule has 2 aromatic carbocycles. The molecule has 3 rings (SSSR count). The maximum atomic E-state index is 12.3. The van der Waals surface area contributed by atoms with Crippen molar-refractivity contribution in [2.45, 2.75) is 32.4 Å². The number of hydrogen-bond donors (Lipinski definition) is 1. The lowest BCUT2D eigenvalue weighted by atomic mass is 10.0. The summed E-state index contributed by atoms with van der Waals surface area (Å²) in [6.45, 7) is 4.50. The quantitative estimate of drug-likeness (QED) is 0.797. The molecule has 0 unspecified atom stereocenters. The lowest BCUT2D eigenvalue weighted by Gasteiger charge is -2.14. The molecule has 1 N–H and O–H groups in total. The summed E-state index contributed by atoms with van der Waals surface area (Å²) in [5, 5.41) is 3.10. The summed E-state index contributed by atoms with van der Waals surface area (Å²) in [5.74, 6) is 2.80. The van der Waals surface area contributed by atoms with Gasteiger partial charge in [0.25, 0.3) is 0 Å². The fourth-order valence-electron chi connectivity index (χ4n) is 2.87. The van der Waals surface area contributed by atoms with Gasteiger partial charge in [-0.2, -0.15) is 0 Å². The number of carbonyl (C=O) groups is 1. The average Bonchev–Trinajstić information content (AvgIpc) is 3.09. The van der Waals surface area contributed by atoms with Crippen LogP contribution in [0.5, 0.6) is 11.5 Å². The second-order valence-corrected chi connectivity index (χ2v) is 6.87. The summed E-state index contributed by atoms with van der Waals surface area (Å²) in [5.41, 5.74) is 4.49. The number of hydrogen-bond acceptors (Lipinski definition) is 4. The summed E-state index contributed by atoms with van der Waals surface area (Å²) < 4.78 is 10.7. The molecule has 1 amide bonds. The Hall–Kier alpha value is -2.14. The van der Waals surface area contributed by atoms with Gasteiger partial charge in [-0.3, -0.25) is 4.79 Å². The number of amides is 1. The van der Waals surface area contributed by atoms with Crippen molar-refractivity contribution in [2.75, 3.05) is 17.9 Å². The van der Waals surface area contributed by atoms with Crippen LogP contribution in [0.3, 0.4) is 0 Å². The molecule has 25 heavy (non-hydrogen) atoms. The van der Waals surface area contributed by atoms with Crippen LogP contribution in [0.1, 0.15) is 30.5 Å². The van der Waals surface area contributed by atoms with Gasteiger partial charge in [0.1, 0.15) is 0 Å². The first-order valence-electron chi connectivity index (χ1n) is 8.58. The Kier molecular flexibility index (Phi) is 5.87. The second kappa shape index (κ2) is 8.30. The summed E-state index contributed by atoms with van der Waals surface area (Å²) in [6, 6.07) is 12.1. The van der Waals surface area contributed by atoms with Gasteiger partial charge in [0.15, 0.2) is 11.5 Å². The van der Waals surface area contributed by atoms with Crippen molar-refractivity contribution in [2.24, 2.45) is 0 Å². The van der Waals surface area contributed by atoms with Crippen LogP contribution >= 0.6 is 11.8 Å². The molecule has 1 aliphatic heterocycles. The van der Waals surface area contributed by atoms with Gasteiger partial charge in [-0.05, 0) is 41.7 Å². The van der Waals surface area contributed by atoms with E-state index in [2.05, 4.69) is 37.4 Å². The Morgan fingerprint density at radius 1 is 1.08 bits per heavy atom. The number of carbonyl (C=O) groups excluding carboxylic acids is 1. The molecule has 1 heterocycles. The van der Waals surface area contributed by atoms with Crippen LogP contribution in [0.25, 0.3) is 0 Å². The van der Waals surface area contributed by atoms with Crippen molar-refractivity contribution in [3.63, 3.8) is 0 Å². The molecule has 0 aromatic heterocycles. The van der Waals surface area contributed by atoms with Crippen molar-refractivity contribution >= 4 is 23.4 Å². The Morgan fingerprint density at radius 3 is 2.52 bits per heavy atom. The Labute approximate surface area is 152 Å².